The fourth-order valence-electron chi connectivity index (χ4n) is 3.85. The van der Waals surface area contributed by atoms with Crippen molar-refractivity contribution >= 4 is 17.5 Å². The number of aromatic nitrogens is 3. The molecule has 0 spiro atoms. The van der Waals surface area contributed by atoms with Gasteiger partial charge in [-0.2, -0.15) is 0 Å². The number of nitrogens with zero attached hydrogens (tertiary/aromatic N) is 3. The Balaban J connectivity index is 1.54. The van der Waals surface area contributed by atoms with Crippen LogP contribution in [0.1, 0.15) is 34.6 Å². The van der Waals surface area contributed by atoms with Gasteiger partial charge in [-0.15, -0.1) is 5.10 Å². The van der Waals surface area contributed by atoms with Crippen molar-refractivity contribution in [1.82, 2.24) is 20.3 Å². The van der Waals surface area contributed by atoms with Gasteiger partial charge < -0.3 is 10.1 Å². The van der Waals surface area contributed by atoms with Crippen LogP contribution in [0.25, 0.3) is 5.69 Å². The highest BCUT2D eigenvalue weighted by molar-refractivity contribution is 6.30. The third-order valence-electron chi connectivity index (χ3n) is 5.66. The van der Waals surface area contributed by atoms with Gasteiger partial charge in [-0.1, -0.05) is 28.9 Å². The highest BCUT2D eigenvalue weighted by Crippen LogP contribution is 2.35. The summed E-state index contributed by atoms with van der Waals surface area (Å²) in [5.41, 5.74) is 2.31. The molecule has 4 rings (SSSR count). The van der Waals surface area contributed by atoms with Crippen molar-refractivity contribution in [2.24, 2.45) is 0 Å². The van der Waals surface area contributed by atoms with E-state index in [2.05, 4.69) is 15.6 Å². The first-order valence-electron chi connectivity index (χ1n) is 9.79. The predicted octanol–water partition coefficient (Wildman–Crippen LogP) is 3.85. The van der Waals surface area contributed by atoms with Crippen LogP contribution < -0.4 is 5.32 Å². The Morgan fingerprint density at radius 3 is 2.67 bits per heavy atom. The van der Waals surface area contributed by atoms with Gasteiger partial charge in [0.15, 0.2) is 5.69 Å². The number of nitrogens with one attached hydrogen (secondary N) is 1. The van der Waals surface area contributed by atoms with Gasteiger partial charge in [0.05, 0.1) is 11.4 Å². The first-order valence-corrected chi connectivity index (χ1v) is 10.2. The van der Waals surface area contributed by atoms with Crippen LogP contribution >= 0.6 is 11.6 Å². The number of ether oxygens (including phenoxy) is 1. The van der Waals surface area contributed by atoms with Crippen molar-refractivity contribution in [3.05, 3.63) is 76.3 Å². The standard InChI is InChI=1S/C22H22ClFN4O2/c1-15-20(26-27-28(15)19-7-5-18(24)6-8-19)21(29)25-14-22(9-11-30-12-10-22)16-3-2-4-17(23)13-16/h2-8,13H,9-12,14H2,1H3,(H,25,29). The molecule has 156 valence electrons. The van der Waals surface area contributed by atoms with Crippen molar-refractivity contribution < 1.29 is 13.9 Å². The molecule has 0 saturated carbocycles. The Morgan fingerprint density at radius 2 is 1.97 bits per heavy atom. The zero-order chi connectivity index (χ0) is 21.1. The predicted molar refractivity (Wildman–Crippen MR) is 112 cm³/mol. The van der Waals surface area contributed by atoms with Crippen LogP contribution in [0.2, 0.25) is 5.02 Å². The normalized spacial score (nSPS) is 15.7. The monoisotopic (exact) mass is 428 g/mol. The number of carbonyl (C=O) groups is 1. The maximum atomic E-state index is 13.2. The van der Waals surface area contributed by atoms with Gasteiger partial charge in [0, 0.05) is 30.2 Å². The van der Waals surface area contributed by atoms with E-state index in [1.165, 1.54) is 16.8 Å². The molecule has 0 bridgehead atoms. The molecule has 1 aliphatic rings. The number of benzene rings is 2. The number of hydrogen-bond acceptors (Lipinski definition) is 4. The van der Waals surface area contributed by atoms with Crippen molar-refractivity contribution in [3.8, 4) is 5.69 Å². The van der Waals surface area contributed by atoms with E-state index in [0.717, 1.165) is 18.4 Å². The maximum Gasteiger partial charge on any atom is 0.273 e. The maximum absolute atomic E-state index is 13.2. The molecule has 2 aromatic carbocycles. The van der Waals surface area contributed by atoms with E-state index in [9.17, 15) is 9.18 Å². The van der Waals surface area contributed by atoms with Gasteiger partial charge in [-0.25, -0.2) is 9.07 Å². The minimum absolute atomic E-state index is 0.243. The molecule has 1 fully saturated rings. The van der Waals surface area contributed by atoms with E-state index < -0.39 is 0 Å². The SMILES string of the molecule is Cc1c(C(=O)NCC2(c3cccc(Cl)c3)CCOCC2)nnn1-c1ccc(F)cc1. The number of rotatable bonds is 5. The van der Waals surface area contributed by atoms with Gasteiger partial charge in [-0.3, -0.25) is 4.79 Å². The van der Waals surface area contributed by atoms with E-state index in [4.69, 9.17) is 16.3 Å². The Labute approximate surface area is 179 Å². The molecule has 3 aromatic rings. The summed E-state index contributed by atoms with van der Waals surface area (Å²) in [6, 6.07) is 13.6. The van der Waals surface area contributed by atoms with Gasteiger partial charge in [-0.05, 0) is 61.7 Å². The molecule has 1 aliphatic heterocycles. The van der Waals surface area contributed by atoms with E-state index in [-0.39, 0.29) is 22.8 Å². The smallest absolute Gasteiger partial charge is 0.273 e. The van der Waals surface area contributed by atoms with Gasteiger partial charge in [0.25, 0.3) is 5.91 Å². The Kier molecular flexibility index (Phi) is 5.83. The quantitative estimate of drug-likeness (QED) is 0.670. The number of amides is 1. The zero-order valence-electron chi connectivity index (χ0n) is 16.6. The number of halogens is 2. The Bertz CT molecular complexity index is 1050. The van der Waals surface area contributed by atoms with Crippen LogP contribution in [0.3, 0.4) is 0 Å². The summed E-state index contributed by atoms with van der Waals surface area (Å²) in [5.74, 6) is -0.633. The molecule has 0 radical (unpaired) electrons. The van der Waals surface area contributed by atoms with Crippen LogP contribution in [0, 0.1) is 12.7 Å². The Hall–Kier alpha value is -2.77. The molecule has 1 amide bonds. The van der Waals surface area contributed by atoms with Crippen LogP contribution in [0.4, 0.5) is 4.39 Å². The van der Waals surface area contributed by atoms with E-state index in [0.29, 0.717) is 36.2 Å². The lowest BCUT2D eigenvalue weighted by molar-refractivity contribution is 0.0486. The van der Waals surface area contributed by atoms with Crippen molar-refractivity contribution in [3.63, 3.8) is 0 Å². The highest BCUT2D eigenvalue weighted by atomic mass is 35.5. The lowest BCUT2D eigenvalue weighted by atomic mass is 9.74. The van der Waals surface area contributed by atoms with E-state index in [1.54, 1.807) is 19.1 Å². The third kappa shape index (κ3) is 4.08. The van der Waals surface area contributed by atoms with Crippen LogP contribution in [-0.4, -0.2) is 40.7 Å². The van der Waals surface area contributed by atoms with Crippen LogP contribution in [0.15, 0.2) is 48.5 Å². The third-order valence-corrected chi connectivity index (χ3v) is 5.89. The molecule has 1 N–H and O–H groups in total. The fraction of sp³-hybridized carbons (Fsp3) is 0.318. The molecule has 6 nitrogen and oxygen atoms in total. The van der Waals surface area contributed by atoms with Gasteiger partial charge in [0.2, 0.25) is 0 Å². The van der Waals surface area contributed by atoms with Gasteiger partial charge >= 0.3 is 0 Å². The van der Waals surface area contributed by atoms with Crippen molar-refractivity contribution in [1.29, 1.82) is 0 Å². The average Bonchev–Trinajstić information content (AvgIpc) is 3.15. The van der Waals surface area contributed by atoms with Crippen LogP contribution in [-0.2, 0) is 10.2 Å². The summed E-state index contributed by atoms with van der Waals surface area (Å²) < 4.78 is 20.3. The topological polar surface area (TPSA) is 69.0 Å². The molecule has 8 heteroatoms. The van der Waals surface area contributed by atoms with E-state index >= 15 is 0 Å². The Morgan fingerprint density at radius 1 is 1.23 bits per heavy atom. The molecule has 2 heterocycles. The molecule has 1 aromatic heterocycles. The number of carbonyl (C=O) groups excluding carboxylic acids is 1. The summed E-state index contributed by atoms with van der Waals surface area (Å²) in [4.78, 5) is 12.9. The van der Waals surface area contributed by atoms with E-state index in [1.807, 2.05) is 24.3 Å². The van der Waals surface area contributed by atoms with Gasteiger partial charge in [0.1, 0.15) is 5.82 Å². The summed E-state index contributed by atoms with van der Waals surface area (Å²) in [5, 5.41) is 11.8. The molecule has 0 aliphatic carbocycles. The molecule has 1 saturated heterocycles. The van der Waals surface area contributed by atoms with Crippen molar-refractivity contribution in [2.45, 2.75) is 25.2 Å². The zero-order valence-corrected chi connectivity index (χ0v) is 17.3. The number of hydrogen-bond donors (Lipinski definition) is 1. The average molecular weight is 429 g/mol. The molecule has 0 unspecified atom stereocenters. The first-order chi connectivity index (χ1) is 14.5. The first kappa shape index (κ1) is 20.5. The molecule has 30 heavy (non-hydrogen) atoms. The minimum Gasteiger partial charge on any atom is -0.381 e. The van der Waals surface area contributed by atoms with Crippen LogP contribution in [0.5, 0.6) is 0 Å². The molecule has 0 atom stereocenters. The fourth-order valence-corrected chi connectivity index (χ4v) is 4.04. The second-order valence-electron chi connectivity index (χ2n) is 7.50. The lowest BCUT2D eigenvalue weighted by Gasteiger charge is -2.38. The summed E-state index contributed by atoms with van der Waals surface area (Å²) >= 11 is 6.21. The molecular weight excluding hydrogens is 407 g/mol. The second kappa shape index (κ2) is 8.53. The summed E-state index contributed by atoms with van der Waals surface area (Å²) in [6.45, 7) is 3.46. The largest absolute Gasteiger partial charge is 0.381 e. The highest BCUT2D eigenvalue weighted by Gasteiger charge is 2.35. The molecular formula is C22H22ClFN4O2. The van der Waals surface area contributed by atoms with Crippen molar-refractivity contribution in [2.75, 3.05) is 19.8 Å². The summed E-state index contributed by atoms with van der Waals surface area (Å²) in [7, 11) is 0. The minimum atomic E-state index is -0.336. The second-order valence-corrected chi connectivity index (χ2v) is 7.93. The summed E-state index contributed by atoms with van der Waals surface area (Å²) in [6.07, 6.45) is 1.57. The lowest BCUT2D eigenvalue weighted by Crippen LogP contribution is -2.44.